The molecule has 59 heavy (non-hydrogen) atoms. The van der Waals surface area contributed by atoms with E-state index in [0.29, 0.717) is 19.8 Å². The van der Waals surface area contributed by atoms with Crippen molar-refractivity contribution in [3.05, 3.63) is 126 Å². The van der Waals surface area contributed by atoms with Gasteiger partial charge >= 0.3 is 12.1 Å². The number of benzene rings is 3. The summed E-state index contributed by atoms with van der Waals surface area (Å²) in [6, 6.07) is 30.2. The number of aromatic nitrogens is 2. The lowest BCUT2D eigenvalue weighted by Gasteiger charge is -2.24. The van der Waals surface area contributed by atoms with Gasteiger partial charge in [-0.2, -0.15) is 0 Å². The van der Waals surface area contributed by atoms with Gasteiger partial charge < -0.3 is 50.3 Å². The summed E-state index contributed by atoms with van der Waals surface area (Å²) >= 11 is 0. The first kappa shape index (κ1) is 50.9. The first-order chi connectivity index (χ1) is 28.3. The molecule has 0 aliphatic rings. The summed E-state index contributed by atoms with van der Waals surface area (Å²) in [5, 5.41) is 26.7. The largest absolute Gasteiger partial charge is 0.460 e. The second-order valence-electron chi connectivity index (χ2n) is 13.6. The van der Waals surface area contributed by atoms with Gasteiger partial charge in [0, 0.05) is 13.3 Å². The van der Waals surface area contributed by atoms with E-state index in [9.17, 15) is 29.1 Å². The number of carbonyl (C=O) groups excluding carboxylic acids is 5. The van der Waals surface area contributed by atoms with Gasteiger partial charge in [-0.15, -0.1) is 0 Å². The summed E-state index contributed by atoms with van der Waals surface area (Å²) in [4.78, 5) is 63.9. The number of aryl methyl sites for hydroxylation is 1. The van der Waals surface area contributed by atoms with Crippen LogP contribution < -0.4 is 21.3 Å². The maximum Gasteiger partial charge on any atom is 0.408 e. The van der Waals surface area contributed by atoms with Crippen LogP contribution in [-0.4, -0.2) is 94.0 Å². The highest BCUT2D eigenvalue weighted by Gasteiger charge is 2.27. The Morgan fingerprint density at radius 2 is 1.27 bits per heavy atom. The molecule has 1 heterocycles. The highest BCUT2D eigenvalue weighted by molar-refractivity contribution is 5.89. The Kier molecular flexibility index (Phi) is 25.9. The van der Waals surface area contributed by atoms with Gasteiger partial charge in [-0.1, -0.05) is 110 Å². The molecule has 4 amide bonds. The second-order valence-corrected chi connectivity index (χ2v) is 13.6. The lowest BCUT2D eigenvalue weighted by atomic mass is 10.0. The predicted molar refractivity (Wildman–Crippen MR) is 222 cm³/mol. The SMILES string of the molecule is CCCC(NC(=O)CNC(=O)OC(C)(C)C)C(O)C(=O)NCC(=O)NCC(=O)OCc1ccccc1.CO.Cc1cn(COCc2ccccc2)cn1.c1ccccc1. The lowest BCUT2D eigenvalue weighted by molar-refractivity contribution is -0.145. The van der Waals surface area contributed by atoms with Gasteiger partial charge in [0.05, 0.1) is 31.2 Å². The summed E-state index contributed by atoms with van der Waals surface area (Å²) in [7, 11) is 1.00. The van der Waals surface area contributed by atoms with Crippen LogP contribution in [0.4, 0.5) is 4.79 Å². The fraction of sp³-hybridized carbons (Fsp3) is 0.395. The molecule has 2 atom stereocenters. The maximum atomic E-state index is 12.3. The number of carbonyl (C=O) groups is 5. The van der Waals surface area contributed by atoms with Crippen molar-refractivity contribution in [1.29, 1.82) is 0 Å². The number of aliphatic hydroxyl groups excluding tert-OH is 2. The van der Waals surface area contributed by atoms with E-state index in [2.05, 4.69) is 38.4 Å². The van der Waals surface area contributed by atoms with Gasteiger partial charge in [-0.25, -0.2) is 9.78 Å². The molecular formula is C43H60N6O10. The zero-order chi connectivity index (χ0) is 43.9. The number of hydrogen-bond donors (Lipinski definition) is 6. The third-order valence-electron chi connectivity index (χ3n) is 7.26. The van der Waals surface area contributed by atoms with Crippen LogP contribution in [0.25, 0.3) is 0 Å². The fourth-order valence-electron chi connectivity index (χ4n) is 4.59. The van der Waals surface area contributed by atoms with E-state index in [1.165, 1.54) is 5.56 Å². The van der Waals surface area contributed by atoms with E-state index in [0.717, 1.165) is 18.4 Å². The van der Waals surface area contributed by atoms with Crippen molar-refractivity contribution >= 4 is 29.8 Å². The number of nitrogens with one attached hydrogen (secondary N) is 4. The molecule has 1 aromatic heterocycles. The smallest absolute Gasteiger partial charge is 0.408 e. The summed E-state index contributed by atoms with van der Waals surface area (Å²) in [6.45, 7) is 8.76. The van der Waals surface area contributed by atoms with Gasteiger partial charge in [0.1, 0.15) is 32.0 Å². The van der Waals surface area contributed by atoms with E-state index in [1.54, 1.807) is 58.3 Å². The summed E-state index contributed by atoms with van der Waals surface area (Å²) in [5.41, 5.74) is 2.27. The number of nitrogens with zero attached hydrogens (tertiary/aromatic N) is 2. The Bertz CT molecular complexity index is 1730. The number of rotatable bonds is 17. The van der Waals surface area contributed by atoms with Crippen LogP contribution >= 0.6 is 0 Å². The standard InChI is InChI=1S/C24H36N4O8.C12H14N2O.C6H6.CH4O/c1-5-9-17(28-19(30)13-27-23(34)36-24(2,3)4)21(32)22(33)26-12-18(29)25-14-20(31)35-15-16-10-7-6-8-11-16;1-11-7-14(9-13-11)10-15-8-12-5-3-2-4-6-12;1-2-4-6-5-3-1;1-2/h6-8,10-11,17,21,32H,5,9,12-15H2,1-4H3,(H,25,29)(H,26,33)(H,27,34)(H,28,30);2-7,9H,8,10H2,1H3;1-6H;2H,1H3. The number of aliphatic hydroxyl groups is 2. The summed E-state index contributed by atoms with van der Waals surface area (Å²) in [5.74, 6) is -2.82. The van der Waals surface area contributed by atoms with Crippen LogP contribution in [0.5, 0.6) is 0 Å². The van der Waals surface area contributed by atoms with Crippen LogP contribution in [0, 0.1) is 6.92 Å². The van der Waals surface area contributed by atoms with Crippen LogP contribution in [0.3, 0.4) is 0 Å². The van der Waals surface area contributed by atoms with E-state index >= 15 is 0 Å². The molecule has 0 bridgehead atoms. The van der Waals surface area contributed by atoms with Crippen LogP contribution in [0.2, 0.25) is 0 Å². The predicted octanol–water partition coefficient (Wildman–Crippen LogP) is 3.79. The molecule has 4 aromatic rings. The Labute approximate surface area is 346 Å². The lowest BCUT2D eigenvalue weighted by Crippen LogP contribution is -2.53. The van der Waals surface area contributed by atoms with E-state index in [1.807, 2.05) is 78.4 Å². The maximum absolute atomic E-state index is 12.3. The second kappa shape index (κ2) is 30.0. The van der Waals surface area contributed by atoms with E-state index < -0.39 is 60.6 Å². The highest BCUT2D eigenvalue weighted by Crippen LogP contribution is 2.07. The zero-order valence-corrected chi connectivity index (χ0v) is 34.8. The molecule has 2 unspecified atom stereocenters. The van der Waals surface area contributed by atoms with Crippen LogP contribution in [-0.2, 0) is 53.3 Å². The number of imidazole rings is 1. The monoisotopic (exact) mass is 820 g/mol. The van der Waals surface area contributed by atoms with Gasteiger partial charge in [0.25, 0.3) is 5.91 Å². The normalized spacial score (nSPS) is 11.2. The minimum absolute atomic E-state index is 0.0658. The molecule has 6 N–H and O–H groups in total. The van der Waals surface area contributed by atoms with Crippen LogP contribution in [0.1, 0.15) is 57.4 Å². The molecule has 3 aromatic carbocycles. The van der Waals surface area contributed by atoms with Crippen molar-refractivity contribution in [3.63, 3.8) is 0 Å². The third-order valence-corrected chi connectivity index (χ3v) is 7.26. The van der Waals surface area contributed by atoms with E-state index in [4.69, 9.17) is 19.3 Å². The minimum atomic E-state index is -1.64. The molecule has 0 aliphatic carbocycles. The van der Waals surface area contributed by atoms with Gasteiger partial charge in [-0.05, 0) is 45.2 Å². The van der Waals surface area contributed by atoms with Crippen molar-refractivity contribution in [1.82, 2.24) is 30.8 Å². The number of hydrogen-bond acceptors (Lipinski definition) is 11. The number of alkyl carbamates (subject to hydrolysis) is 1. The first-order valence-corrected chi connectivity index (χ1v) is 19.0. The minimum Gasteiger partial charge on any atom is -0.460 e. The van der Waals surface area contributed by atoms with Crippen molar-refractivity contribution in [2.24, 2.45) is 0 Å². The molecule has 0 saturated carbocycles. The number of amides is 4. The Morgan fingerprint density at radius 3 is 1.78 bits per heavy atom. The molecule has 16 heteroatoms. The summed E-state index contributed by atoms with van der Waals surface area (Å²) < 4.78 is 17.6. The average molecular weight is 821 g/mol. The van der Waals surface area contributed by atoms with E-state index in [-0.39, 0.29) is 19.6 Å². The summed E-state index contributed by atoms with van der Waals surface area (Å²) in [6.07, 6.45) is 2.13. The third kappa shape index (κ3) is 25.7. The Hall–Kier alpha value is -6.10. The van der Waals surface area contributed by atoms with Gasteiger partial charge in [0.15, 0.2) is 6.10 Å². The number of esters is 1. The van der Waals surface area contributed by atoms with Crippen molar-refractivity contribution in [2.45, 2.75) is 85.2 Å². The van der Waals surface area contributed by atoms with Crippen molar-refractivity contribution in [3.8, 4) is 0 Å². The Morgan fingerprint density at radius 1 is 0.746 bits per heavy atom. The molecule has 0 spiro atoms. The molecule has 0 aliphatic heterocycles. The van der Waals surface area contributed by atoms with Crippen molar-refractivity contribution < 1.29 is 48.4 Å². The topological polar surface area (TPSA) is 219 Å². The molecule has 0 radical (unpaired) electrons. The zero-order valence-electron chi connectivity index (χ0n) is 34.8. The van der Waals surface area contributed by atoms with Crippen molar-refractivity contribution in [2.75, 3.05) is 26.7 Å². The average Bonchev–Trinajstić information content (AvgIpc) is 3.66. The highest BCUT2D eigenvalue weighted by atomic mass is 16.6. The quantitative estimate of drug-likeness (QED) is 0.0842. The Balaban J connectivity index is 0.000000608. The first-order valence-electron chi connectivity index (χ1n) is 19.0. The van der Waals surface area contributed by atoms with Gasteiger partial charge in [-0.3, -0.25) is 19.2 Å². The molecule has 4 rings (SSSR count). The van der Waals surface area contributed by atoms with Crippen LogP contribution in [0.15, 0.2) is 110 Å². The molecule has 0 fully saturated rings. The molecule has 322 valence electrons. The molecule has 16 nitrogen and oxygen atoms in total. The molecular weight excluding hydrogens is 761 g/mol. The van der Waals surface area contributed by atoms with Gasteiger partial charge in [0.2, 0.25) is 11.8 Å². The number of ether oxygens (including phenoxy) is 3. The fourth-order valence-corrected chi connectivity index (χ4v) is 4.59. The molecule has 0 saturated heterocycles.